The molecular weight excluding hydrogens is 322 g/mol. The molecule has 3 heteroatoms. The van der Waals surface area contributed by atoms with Gasteiger partial charge in [0, 0.05) is 29.1 Å². The van der Waals surface area contributed by atoms with E-state index in [4.69, 9.17) is 4.74 Å². The molecule has 3 nitrogen and oxygen atoms in total. The minimum absolute atomic E-state index is 0.0389. The van der Waals surface area contributed by atoms with Gasteiger partial charge in [-0.1, -0.05) is 57.2 Å². The smallest absolute Gasteiger partial charge is 0.0897 e. The van der Waals surface area contributed by atoms with Crippen LogP contribution in [-0.2, 0) is 10.2 Å². The van der Waals surface area contributed by atoms with E-state index in [1.54, 1.807) is 0 Å². The van der Waals surface area contributed by atoms with Gasteiger partial charge in [-0.25, -0.2) is 0 Å². The van der Waals surface area contributed by atoms with Crippen LogP contribution in [0.2, 0.25) is 0 Å². The van der Waals surface area contributed by atoms with Gasteiger partial charge in [0.15, 0.2) is 0 Å². The first-order valence-electron chi connectivity index (χ1n) is 9.98. The second-order valence-corrected chi connectivity index (χ2v) is 9.04. The molecule has 0 bridgehead atoms. The van der Waals surface area contributed by atoms with E-state index in [1.165, 1.54) is 16.8 Å². The highest BCUT2D eigenvalue weighted by molar-refractivity contribution is 5.58. The highest BCUT2D eigenvalue weighted by atomic mass is 16.5. The van der Waals surface area contributed by atoms with Gasteiger partial charge < -0.3 is 15.2 Å². The first-order chi connectivity index (χ1) is 12.5. The van der Waals surface area contributed by atoms with E-state index in [1.807, 2.05) is 0 Å². The van der Waals surface area contributed by atoms with Gasteiger partial charge in [-0.15, -0.1) is 0 Å². The van der Waals surface area contributed by atoms with Gasteiger partial charge in [-0.3, -0.25) is 0 Å². The van der Waals surface area contributed by atoms with E-state index in [-0.39, 0.29) is 24.2 Å². The molecule has 0 aromatic heterocycles. The number of hydrogen-bond acceptors (Lipinski definition) is 3. The number of hydrogen-bond donors (Lipinski definition) is 2. The number of nitrogens with one attached hydrogen (secondary N) is 1. The lowest BCUT2D eigenvalue weighted by Crippen LogP contribution is -2.47. The molecule has 1 aromatic rings. The van der Waals surface area contributed by atoms with Gasteiger partial charge in [0.25, 0.3) is 0 Å². The predicted molar refractivity (Wildman–Crippen MR) is 106 cm³/mol. The number of aliphatic hydroxyl groups excluding tert-OH is 1. The molecule has 5 atom stereocenters. The normalized spacial score (nSPS) is 33.3. The standard InChI is InChI=1S/C23H31NO2/c1-23(2,3)16-9-12-20-19(13-16)22-18(11-10-17(14-25)26-22)21(24-20)15-7-5-4-6-8-15/h4-7,9,12-13,15,17-18,21-22,24-25H,8,10-11,14H2,1-3H3/t15?,17-,18+,21+,22+/m1/s1. The van der Waals surface area contributed by atoms with Gasteiger partial charge >= 0.3 is 0 Å². The quantitative estimate of drug-likeness (QED) is 0.807. The number of fused-ring (bicyclic) bond motifs is 3. The molecule has 0 spiro atoms. The molecule has 4 rings (SSSR count). The maximum Gasteiger partial charge on any atom is 0.0897 e. The molecule has 140 valence electrons. The monoisotopic (exact) mass is 353 g/mol. The van der Waals surface area contributed by atoms with E-state index >= 15 is 0 Å². The van der Waals surface area contributed by atoms with E-state index in [2.05, 4.69) is 68.6 Å². The second kappa shape index (κ2) is 6.86. The van der Waals surface area contributed by atoms with E-state index in [0.717, 1.165) is 19.3 Å². The number of allylic oxidation sites excluding steroid dienone is 3. The van der Waals surface area contributed by atoms with Gasteiger partial charge in [-0.2, -0.15) is 0 Å². The molecule has 1 unspecified atom stereocenters. The predicted octanol–water partition coefficient (Wildman–Crippen LogP) is 4.74. The van der Waals surface area contributed by atoms with Gasteiger partial charge in [0.2, 0.25) is 0 Å². The first-order valence-corrected chi connectivity index (χ1v) is 9.98. The largest absolute Gasteiger partial charge is 0.394 e. The molecule has 0 radical (unpaired) electrons. The minimum atomic E-state index is -0.0389. The summed E-state index contributed by atoms with van der Waals surface area (Å²) in [6, 6.07) is 7.18. The number of rotatable bonds is 2. The number of ether oxygens (including phenoxy) is 1. The number of benzene rings is 1. The molecule has 2 N–H and O–H groups in total. The summed E-state index contributed by atoms with van der Waals surface area (Å²) in [5.74, 6) is 0.943. The van der Waals surface area contributed by atoms with Crippen molar-refractivity contribution in [3.05, 3.63) is 53.6 Å². The Morgan fingerprint density at radius 2 is 2.04 bits per heavy atom. The van der Waals surface area contributed by atoms with Crippen molar-refractivity contribution >= 4 is 5.69 Å². The second-order valence-electron chi connectivity index (χ2n) is 9.04. The van der Waals surface area contributed by atoms with Crippen LogP contribution in [0.4, 0.5) is 5.69 Å². The van der Waals surface area contributed by atoms with Crippen LogP contribution in [0.15, 0.2) is 42.5 Å². The van der Waals surface area contributed by atoms with Crippen LogP contribution in [-0.4, -0.2) is 23.9 Å². The first kappa shape index (κ1) is 17.8. The average molecular weight is 354 g/mol. The van der Waals surface area contributed by atoms with E-state index in [9.17, 15) is 5.11 Å². The topological polar surface area (TPSA) is 41.5 Å². The highest BCUT2D eigenvalue weighted by Crippen LogP contribution is 2.48. The van der Waals surface area contributed by atoms with Gasteiger partial charge in [0.05, 0.1) is 18.8 Å². The van der Waals surface area contributed by atoms with Crippen molar-refractivity contribution in [3.8, 4) is 0 Å². The Balaban J connectivity index is 1.72. The van der Waals surface area contributed by atoms with Crippen LogP contribution in [0.25, 0.3) is 0 Å². The SMILES string of the molecule is CC(C)(C)c1ccc2c(c1)[C@H]1O[C@@H](CO)CC[C@H]1[C@H](C1C=CC=CC1)N2. The fraction of sp³-hybridized carbons (Fsp3) is 0.565. The fourth-order valence-electron chi connectivity index (χ4n) is 4.69. The van der Waals surface area contributed by atoms with Crippen LogP contribution >= 0.6 is 0 Å². The maximum atomic E-state index is 9.67. The lowest BCUT2D eigenvalue weighted by molar-refractivity contribution is -0.112. The maximum absolute atomic E-state index is 9.67. The molecule has 0 amide bonds. The van der Waals surface area contributed by atoms with Crippen molar-refractivity contribution < 1.29 is 9.84 Å². The zero-order chi connectivity index (χ0) is 18.3. The third-order valence-electron chi connectivity index (χ3n) is 6.24. The van der Waals surface area contributed by atoms with Crippen molar-refractivity contribution in [2.75, 3.05) is 11.9 Å². The average Bonchev–Trinajstić information content (AvgIpc) is 2.66. The lowest BCUT2D eigenvalue weighted by atomic mass is 9.72. The number of aliphatic hydroxyl groups is 1. The van der Waals surface area contributed by atoms with Crippen LogP contribution in [0.1, 0.15) is 57.3 Å². The third kappa shape index (κ3) is 3.23. The van der Waals surface area contributed by atoms with Crippen LogP contribution in [0.3, 0.4) is 0 Å². The molecule has 1 saturated heterocycles. The summed E-state index contributed by atoms with van der Waals surface area (Å²) in [6.07, 6.45) is 12.1. The van der Waals surface area contributed by atoms with Crippen LogP contribution in [0.5, 0.6) is 0 Å². The van der Waals surface area contributed by atoms with Crippen molar-refractivity contribution in [1.29, 1.82) is 0 Å². The fourth-order valence-corrected chi connectivity index (χ4v) is 4.69. The Morgan fingerprint density at radius 3 is 2.73 bits per heavy atom. The Hall–Kier alpha value is -1.58. The van der Waals surface area contributed by atoms with Crippen LogP contribution < -0.4 is 5.32 Å². The molecule has 26 heavy (non-hydrogen) atoms. The summed E-state index contributed by atoms with van der Waals surface area (Å²) in [7, 11) is 0. The van der Waals surface area contributed by atoms with Crippen molar-refractivity contribution in [2.45, 2.75) is 63.7 Å². The van der Waals surface area contributed by atoms with Crippen molar-refractivity contribution in [2.24, 2.45) is 11.8 Å². The number of anilines is 1. The summed E-state index contributed by atoms with van der Waals surface area (Å²) in [5, 5.41) is 13.5. The molecule has 2 aliphatic heterocycles. The summed E-state index contributed by atoms with van der Waals surface area (Å²) in [6.45, 7) is 6.87. The summed E-state index contributed by atoms with van der Waals surface area (Å²) >= 11 is 0. The molecule has 2 heterocycles. The summed E-state index contributed by atoms with van der Waals surface area (Å²) in [5.41, 5.74) is 3.92. The Labute approximate surface area is 157 Å². The molecular formula is C23H31NO2. The van der Waals surface area contributed by atoms with Crippen LogP contribution in [0, 0.1) is 11.8 Å². The van der Waals surface area contributed by atoms with E-state index < -0.39 is 0 Å². The molecule has 1 aliphatic carbocycles. The summed E-state index contributed by atoms with van der Waals surface area (Å²) < 4.78 is 6.42. The Bertz CT molecular complexity index is 715. The lowest BCUT2D eigenvalue weighted by Gasteiger charge is -2.47. The minimum Gasteiger partial charge on any atom is -0.394 e. The van der Waals surface area contributed by atoms with Gasteiger partial charge in [-0.05, 0) is 36.3 Å². The third-order valence-corrected chi connectivity index (χ3v) is 6.24. The van der Waals surface area contributed by atoms with E-state index in [0.29, 0.717) is 17.9 Å². The molecule has 1 aromatic carbocycles. The Morgan fingerprint density at radius 1 is 1.19 bits per heavy atom. The zero-order valence-electron chi connectivity index (χ0n) is 16.1. The highest BCUT2D eigenvalue weighted by Gasteiger charge is 2.44. The Kier molecular flexibility index (Phi) is 4.70. The summed E-state index contributed by atoms with van der Waals surface area (Å²) in [4.78, 5) is 0. The molecule has 3 aliphatic rings. The van der Waals surface area contributed by atoms with Crippen molar-refractivity contribution in [3.63, 3.8) is 0 Å². The zero-order valence-corrected chi connectivity index (χ0v) is 16.1. The van der Waals surface area contributed by atoms with Gasteiger partial charge in [0.1, 0.15) is 0 Å². The molecule has 1 fully saturated rings. The molecule has 0 saturated carbocycles. The van der Waals surface area contributed by atoms with Crippen molar-refractivity contribution in [1.82, 2.24) is 0 Å².